The number of halogens is 2. The summed E-state index contributed by atoms with van der Waals surface area (Å²) in [7, 11) is 0. The number of nitrogens with zero attached hydrogens (tertiary/aromatic N) is 1. The van der Waals surface area contributed by atoms with Gasteiger partial charge in [0.1, 0.15) is 11.4 Å². The lowest BCUT2D eigenvalue weighted by Crippen LogP contribution is -2.30. The molecule has 0 bridgehead atoms. The molecular formula is C19H16BrClN2O3. The maximum atomic E-state index is 12.6. The van der Waals surface area contributed by atoms with E-state index in [4.69, 9.17) is 16.3 Å². The molecule has 0 spiro atoms. The smallest absolute Gasteiger partial charge is 0.333 e. The molecule has 134 valence electrons. The number of carbonyl (C=O) groups is 2. The normalized spacial score (nSPS) is 15.7. The Labute approximate surface area is 164 Å². The number of anilines is 1. The van der Waals surface area contributed by atoms with E-state index in [1.165, 1.54) is 0 Å². The molecule has 0 unspecified atom stereocenters. The van der Waals surface area contributed by atoms with Gasteiger partial charge in [-0.05, 0) is 77.8 Å². The standard InChI is InChI=1S/C19H16BrClN2O3/c1-11(2)26-17-8-3-12(9-15(17)20)10-16-18(24)23(19(25)22-16)14-6-4-13(21)5-7-14/h3-11H,1-2H3,(H,22,25)/b16-10+. The van der Waals surface area contributed by atoms with Crippen LogP contribution in [-0.4, -0.2) is 18.0 Å². The Kier molecular flexibility index (Phi) is 5.34. The quantitative estimate of drug-likeness (QED) is 0.544. The van der Waals surface area contributed by atoms with Crippen LogP contribution in [0.1, 0.15) is 19.4 Å². The molecule has 1 heterocycles. The Morgan fingerprint density at radius 2 is 1.85 bits per heavy atom. The summed E-state index contributed by atoms with van der Waals surface area (Å²) in [6, 6.07) is 11.5. The highest BCUT2D eigenvalue weighted by Gasteiger charge is 2.34. The summed E-state index contributed by atoms with van der Waals surface area (Å²) in [6.45, 7) is 3.89. The summed E-state index contributed by atoms with van der Waals surface area (Å²) in [4.78, 5) is 25.9. The van der Waals surface area contributed by atoms with Crippen LogP contribution in [0.4, 0.5) is 10.5 Å². The lowest BCUT2D eigenvalue weighted by atomic mass is 10.2. The molecule has 26 heavy (non-hydrogen) atoms. The Bertz CT molecular complexity index is 894. The lowest BCUT2D eigenvalue weighted by Gasteiger charge is -2.12. The Morgan fingerprint density at radius 1 is 1.15 bits per heavy atom. The first-order valence-electron chi connectivity index (χ1n) is 7.94. The fourth-order valence-corrected chi connectivity index (χ4v) is 3.10. The molecule has 7 heteroatoms. The van der Waals surface area contributed by atoms with Gasteiger partial charge < -0.3 is 10.1 Å². The monoisotopic (exact) mass is 434 g/mol. The highest BCUT2D eigenvalue weighted by molar-refractivity contribution is 9.10. The van der Waals surface area contributed by atoms with E-state index < -0.39 is 11.9 Å². The minimum absolute atomic E-state index is 0.0548. The lowest BCUT2D eigenvalue weighted by molar-refractivity contribution is -0.113. The molecule has 0 radical (unpaired) electrons. The zero-order valence-electron chi connectivity index (χ0n) is 14.1. The maximum Gasteiger partial charge on any atom is 0.333 e. The zero-order valence-corrected chi connectivity index (χ0v) is 16.5. The van der Waals surface area contributed by atoms with Crippen LogP contribution < -0.4 is 15.0 Å². The predicted molar refractivity (Wildman–Crippen MR) is 105 cm³/mol. The average Bonchev–Trinajstić information content (AvgIpc) is 2.85. The summed E-state index contributed by atoms with van der Waals surface area (Å²) < 4.78 is 6.44. The van der Waals surface area contributed by atoms with Crippen molar-refractivity contribution in [3.63, 3.8) is 0 Å². The number of benzene rings is 2. The van der Waals surface area contributed by atoms with Crippen LogP contribution in [-0.2, 0) is 4.79 Å². The van der Waals surface area contributed by atoms with Gasteiger partial charge in [0.05, 0.1) is 16.3 Å². The highest BCUT2D eigenvalue weighted by atomic mass is 79.9. The van der Waals surface area contributed by atoms with Gasteiger partial charge in [0, 0.05) is 5.02 Å². The third kappa shape index (κ3) is 3.92. The molecule has 2 aromatic rings. The fourth-order valence-electron chi connectivity index (χ4n) is 2.48. The minimum atomic E-state index is -0.498. The van der Waals surface area contributed by atoms with E-state index in [0.29, 0.717) is 16.5 Å². The second-order valence-electron chi connectivity index (χ2n) is 5.96. The number of urea groups is 1. The first-order chi connectivity index (χ1) is 12.3. The molecule has 3 amide bonds. The van der Waals surface area contributed by atoms with Crippen LogP contribution in [0.2, 0.25) is 5.02 Å². The predicted octanol–water partition coefficient (Wildman–Crippen LogP) is 4.99. The second-order valence-corrected chi connectivity index (χ2v) is 7.25. The topological polar surface area (TPSA) is 58.6 Å². The van der Waals surface area contributed by atoms with Crippen molar-refractivity contribution in [1.82, 2.24) is 5.32 Å². The molecule has 1 N–H and O–H groups in total. The first-order valence-corrected chi connectivity index (χ1v) is 9.11. The second kappa shape index (κ2) is 7.51. The first kappa shape index (κ1) is 18.5. The van der Waals surface area contributed by atoms with Crippen molar-refractivity contribution in [2.45, 2.75) is 20.0 Å². The molecule has 1 fully saturated rings. The maximum absolute atomic E-state index is 12.6. The SMILES string of the molecule is CC(C)Oc1ccc(/C=C2/NC(=O)N(c3ccc(Cl)cc3)C2=O)cc1Br. The number of amides is 3. The molecule has 1 aliphatic heterocycles. The van der Waals surface area contributed by atoms with E-state index in [1.807, 2.05) is 32.0 Å². The van der Waals surface area contributed by atoms with E-state index >= 15 is 0 Å². The third-order valence-corrected chi connectivity index (χ3v) is 4.46. The van der Waals surface area contributed by atoms with Gasteiger partial charge >= 0.3 is 6.03 Å². The van der Waals surface area contributed by atoms with E-state index in [1.54, 1.807) is 30.3 Å². The van der Waals surface area contributed by atoms with Crippen LogP contribution in [0.15, 0.2) is 52.6 Å². The fraction of sp³-hybridized carbons (Fsp3) is 0.158. The van der Waals surface area contributed by atoms with Crippen molar-refractivity contribution >= 4 is 51.2 Å². The van der Waals surface area contributed by atoms with Gasteiger partial charge in [-0.3, -0.25) is 4.79 Å². The molecule has 0 aromatic heterocycles. The molecule has 3 rings (SSSR count). The van der Waals surface area contributed by atoms with E-state index in [2.05, 4.69) is 21.2 Å². The molecule has 1 saturated heterocycles. The number of nitrogens with one attached hydrogen (secondary N) is 1. The Balaban J connectivity index is 1.86. The van der Waals surface area contributed by atoms with Gasteiger partial charge in [-0.1, -0.05) is 17.7 Å². The third-order valence-electron chi connectivity index (χ3n) is 3.59. The van der Waals surface area contributed by atoms with E-state index in [9.17, 15) is 9.59 Å². The molecule has 1 aliphatic rings. The van der Waals surface area contributed by atoms with E-state index in [0.717, 1.165) is 14.9 Å². The van der Waals surface area contributed by atoms with Gasteiger partial charge in [0.25, 0.3) is 5.91 Å². The average molecular weight is 436 g/mol. The number of ether oxygens (including phenoxy) is 1. The molecule has 2 aromatic carbocycles. The van der Waals surface area contributed by atoms with Gasteiger partial charge in [-0.2, -0.15) is 0 Å². The van der Waals surface area contributed by atoms with Gasteiger partial charge in [-0.25, -0.2) is 9.69 Å². The van der Waals surface area contributed by atoms with Gasteiger partial charge in [0.15, 0.2) is 0 Å². The summed E-state index contributed by atoms with van der Waals surface area (Å²) in [6.07, 6.45) is 1.68. The van der Waals surface area contributed by atoms with Crippen LogP contribution in [0, 0.1) is 0 Å². The van der Waals surface area contributed by atoms with E-state index in [-0.39, 0.29) is 11.8 Å². The summed E-state index contributed by atoms with van der Waals surface area (Å²) >= 11 is 9.31. The van der Waals surface area contributed by atoms with Crippen LogP contribution in [0.3, 0.4) is 0 Å². The molecule has 5 nitrogen and oxygen atoms in total. The van der Waals surface area contributed by atoms with Crippen molar-refractivity contribution in [3.05, 3.63) is 63.2 Å². The number of hydrogen-bond donors (Lipinski definition) is 1. The molecule has 0 saturated carbocycles. The number of imide groups is 1. The summed E-state index contributed by atoms with van der Waals surface area (Å²) in [5.74, 6) is 0.294. The summed E-state index contributed by atoms with van der Waals surface area (Å²) in [5.41, 5.74) is 1.42. The summed E-state index contributed by atoms with van der Waals surface area (Å²) in [5, 5.41) is 3.13. The van der Waals surface area contributed by atoms with Crippen LogP contribution in [0.25, 0.3) is 6.08 Å². The molecule has 0 atom stereocenters. The number of rotatable bonds is 4. The Morgan fingerprint density at radius 3 is 2.46 bits per heavy atom. The van der Waals surface area contributed by atoms with Crippen molar-refractivity contribution in [1.29, 1.82) is 0 Å². The van der Waals surface area contributed by atoms with Crippen molar-refractivity contribution in [2.24, 2.45) is 0 Å². The largest absolute Gasteiger partial charge is 0.490 e. The van der Waals surface area contributed by atoms with Gasteiger partial charge in [0.2, 0.25) is 0 Å². The minimum Gasteiger partial charge on any atom is -0.490 e. The van der Waals surface area contributed by atoms with Gasteiger partial charge in [-0.15, -0.1) is 0 Å². The van der Waals surface area contributed by atoms with Crippen molar-refractivity contribution in [3.8, 4) is 5.75 Å². The zero-order chi connectivity index (χ0) is 18.8. The molecule has 0 aliphatic carbocycles. The van der Waals surface area contributed by atoms with Crippen molar-refractivity contribution < 1.29 is 14.3 Å². The number of hydrogen-bond acceptors (Lipinski definition) is 3. The van der Waals surface area contributed by atoms with Crippen LogP contribution >= 0.6 is 27.5 Å². The van der Waals surface area contributed by atoms with Crippen LogP contribution in [0.5, 0.6) is 5.75 Å². The van der Waals surface area contributed by atoms with Crippen molar-refractivity contribution in [2.75, 3.05) is 4.90 Å². The molecular weight excluding hydrogens is 420 g/mol. The Hall–Kier alpha value is -2.31. The number of carbonyl (C=O) groups excluding carboxylic acids is 2. The highest BCUT2D eigenvalue weighted by Crippen LogP contribution is 2.29.